The molecule has 2 fully saturated rings. The van der Waals surface area contributed by atoms with E-state index in [0.29, 0.717) is 17.9 Å². The molecular formula is C23H33N3O6. The fourth-order valence-corrected chi connectivity index (χ4v) is 4.38. The summed E-state index contributed by atoms with van der Waals surface area (Å²) >= 11 is 0. The van der Waals surface area contributed by atoms with E-state index in [0.717, 1.165) is 52.0 Å². The van der Waals surface area contributed by atoms with Crippen molar-refractivity contribution in [3.05, 3.63) is 29.8 Å². The molecule has 0 bridgehead atoms. The van der Waals surface area contributed by atoms with Crippen molar-refractivity contribution in [2.75, 3.05) is 53.1 Å². The van der Waals surface area contributed by atoms with E-state index in [1.54, 1.807) is 24.3 Å². The van der Waals surface area contributed by atoms with Gasteiger partial charge in [0.15, 0.2) is 6.61 Å². The van der Waals surface area contributed by atoms with Crippen LogP contribution in [0.1, 0.15) is 42.5 Å². The van der Waals surface area contributed by atoms with Crippen LogP contribution >= 0.6 is 0 Å². The van der Waals surface area contributed by atoms with E-state index in [4.69, 9.17) is 14.2 Å². The number of rotatable bonds is 9. The van der Waals surface area contributed by atoms with Gasteiger partial charge in [0.2, 0.25) is 0 Å². The first kappa shape index (κ1) is 24.0. The van der Waals surface area contributed by atoms with Crippen molar-refractivity contribution in [1.82, 2.24) is 15.5 Å². The molecule has 176 valence electrons. The quantitative estimate of drug-likeness (QED) is 0.547. The van der Waals surface area contributed by atoms with Crippen LogP contribution in [0.15, 0.2) is 24.3 Å². The van der Waals surface area contributed by atoms with Crippen LogP contribution in [-0.4, -0.2) is 81.3 Å². The Morgan fingerprint density at radius 2 is 1.84 bits per heavy atom. The Labute approximate surface area is 188 Å². The van der Waals surface area contributed by atoms with Gasteiger partial charge in [-0.25, -0.2) is 0 Å². The SMILES string of the molecule is COc1cccc(C(=O)NCC(=O)OCC(=O)NCC2(N3CCOCC3)CCCCC2)c1. The average molecular weight is 448 g/mol. The third kappa shape index (κ3) is 6.67. The first-order valence-electron chi connectivity index (χ1n) is 11.2. The molecule has 2 amide bonds. The fourth-order valence-electron chi connectivity index (χ4n) is 4.38. The van der Waals surface area contributed by atoms with Crippen molar-refractivity contribution in [1.29, 1.82) is 0 Å². The third-order valence-electron chi connectivity index (χ3n) is 6.17. The van der Waals surface area contributed by atoms with E-state index >= 15 is 0 Å². The second kappa shape index (κ2) is 11.8. The van der Waals surface area contributed by atoms with Crippen molar-refractivity contribution in [2.45, 2.75) is 37.6 Å². The maximum Gasteiger partial charge on any atom is 0.325 e. The van der Waals surface area contributed by atoms with Gasteiger partial charge in [-0.1, -0.05) is 25.3 Å². The minimum absolute atomic E-state index is 0.0492. The monoisotopic (exact) mass is 447 g/mol. The first-order valence-corrected chi connectivity index (χ1v) is 11.2. The predicted molar refractivity (Wildman–Crippen MR) is 118 cm³/mol. The number of carbonyl (C=O) groups excluding carboxylic acids is 3. The molecule has 1 saturated carbocycles. The highest BCUT2D eigenvalue weighted by Crippen LogP contribution is 2.33. The molecule has 0 radical (unpaired) electrons. The second-order valence-corrected chi connectivity index (χ2v) is 8.24. The number of amides is 2. The minimum Gasteiger partial charge on any atom is -0.497 e. The highest BCUT2D eigenvalue weighted by atomic mass is 16.5. The lowest BCUT2D eigenvalue weighted by molar-refractivity contribution is -0.147. The molecule has 0 atom stereocenters. The van der Waals surface area contributed by atoms with Gasteiger partial charge in [-0.15, -0.1) is 0 Å². The summed E-state index contributed by atoms with van der Waals surface area (Å²) in [6, 6.07) is 6.60. The average Bonchev–Trinajstić information content (AvgIpc) is 2.85. The van der Waals surface area contributed by atoms with Gasteiger partial charge in [-0.2, -0.15) is 0 Å². The summed E-state index contributed by atoms with van der Waals surface area (Å²) in [5, 5.41) is 5.44. The zero-order valence-electron chi connectivity index (χ0n) is 18.7. The van der Waals surface area contributed by atoms with Crippen LogP contribution in [-0.2, 0) is 19.1 Å². The van der Waals surface area contributed by atoms with Crippen molar-refractivity contribution in [3.63, 3.8) is 0 Å². The Morgan fingerprint density at radius 3 is 2.56 bits per heavy atom. The molecule has 9 heteroatoms. The number of benzene rings is 1. The molecule has 0 aromatic heterocycles. The second-order valence-electron chi connectivity index (χ2n) is 8.24. The molecule has 1 aliphatic heterocycles. The number of hydrogen-bond acceptors (Lipinski definition) is 7. The van der Waals surface area contributed by atoms with Gasteiger partial charge < -0.3 is 24.8 Å². The van der Waals surface area contributed by atoms with E-state index in [2.05, 4.69) is 15.5 Å². The number of methoxy groups -OCH3 is 1. The van der Waals surface area contributed by atoms with Crippen molar-refractivity contribution < 1.29 is 28.6 Å². The van der Waals surface area contributed by atoms with Crippen LogP contribution in [0, 0.1) is 0 Å². The molecule has 0 unspecified atom stereocenters. The lowest BCUT2D eigenvalue weighted by Gasteiger charge is -2.48. The van der Waals surface area contributed by atoms with Gasteiger partial charge in [0.25, 0.3) is 11.8 Å². The summed E-state index contributed by atoms with van der Waals surface area (Å²) < 4.78 is 15.6. The number of nitrogens with zero attached hydrogens (tertiary/aromatic N) is 1. The number of morpholine rings is 1. The van der Waals surface area contributed by atoms with E-state index in [-0.39, 0.29) is 24.6 Å². The number of carbonyl (C=O) groups is 3. The van der Waals surface area contributed by atoms with Crippen molar-refractivity contribution >= 4 is 17.8 Å². The zero-order chi connectivity index (χ0) is 22.8. The molecule has 1 aromatic rings. The predicted octanol–water partition coefficient (Wildman–Crippen LogP) is 1.12. The molecule has 1 aromatic carbocycles. The third-order valence-corrected chi connectivity index (χ3v) is 6.17. The standard InChI is InChI=1S/C23H33N3O6/c1-30-19-7-5-6-18(14-19)22(29)24-15-21(28)32-16-20(27)25-17-23(8-3-2-4-9-23)26-10-12-31-13-11-26/h5-7,14H,2-4,8-13,15-17H2,1H3,(H,24,29)(H,25,27). The molecule has 9 nitrogen and oxygen atoms in total. The summed E-state index contributed by atoms with van der Waals surface area (Å²) in [6.45, 7) is 3.03. The smallest absolute Gasteiger partial charge is 0.325 e. The zero-order valence-corrected chi connectivity index (χ0v) is 18.7. The molecule has 2 N–H and O–H groups in total. The summed E-state index contributed by atoms with van der Waals surface area (Å²) in [4.78, 5) is 38.9. The Kier molecular flexibility index (Phi) is 8.87. The topological polar surface area (TPSA) is 106 Å². The van der Waals surface area contributed by atoms with E-state index < -0.39 is 11.9 Å². The Bertz CT molecular complexity index is 788. The van der Waals surface area contributed by atoms with Crippen LogP contribution in [0.2, 0.25) is 0 Å². The van der Waals surface area contributed by atoms with Crippen LogP contribution in [0.4, 0.5) is 0 Å². The molecule has 1 aliphatic carbocycles. The normalized spacial score (nSPS) is 18.4. The summed E-state index contributed by atoms with van der Waals surface area (Å²) in [5.74, 6) is -0.882. The molecule has 32 heavy (non-hydrogen) atoms. The number of esters is 1. The van der Waals surface area contributed by atoms with Crippen LogP contribution in [0.5, 0.6) is 5.75 Å². The van der Waals surface area contributed by atoms with Crippen molar-refractivity contribution in [3.8, 4) is 5.75 Å². The summed E-state index contributed by atoms with van der Waals surface area (Å²) in [5.41, 5.74) is 0.322. The van der Waals surface area contributed by atoms with Crippen LogP contribution in [0.25, 0.3) is 0 Å². The highest BCUT2D eigenvalue weighted by Gasteiger charge is 2.38. The van der Waals surface area contributed by atoms with Crippen molar-refractivity contribution in [2.24, 2.45) is 0 Å². The lowest BCUT2D eigenvalue weighted by Crippen LogP contribution is -2.59. The highest BCUT2D eigenvalue weighted by molar-refractivity contribution is 5.96. The number of ether oxygens (including phenoxy) is 3. The first-order chi connectivity index (χ1) is 15.5. The minimum atomic E-state index is -0.669. The van der Waals surface area contributed by atoms with Gasteiger partial charge in [0, 0.05) is 30.7 Å². The molecule has 0 spiro atoms. The van der Waals surface area contributed by atoms with E-state index in [1.807, 2.05) is 0 Å². The summed E-state index contributed by atoms with van der Waals surface area (Å²) in [7, 11) is 1.51. The number of hydrogen-bond donors (Lipinski definition) is 2. The number of nitrogens with one attached hydrogen (secondary N) is 2. The summed E-state index contributed by atoms with van der Waals surface area (Å²) in [6.07, 6.45) is 5.61. The van der Waals surface area contributed by atoms with E-state index in [9.17, 15) is 14.4 Å². The van der Waals surface area contributed by atoms with Gasteiger partial charge in [-0.05, 0) is 31.0 Å². The maximum absolute atomic E-state index is 12.3. The molecule has 3 rings (SSSR count). The Balaban J connectivity index is 1.40. The molecule has 2 aliphatic rings. The fraction of sp³-hybridized carbons (Fsp3) is 0.609. The molecule has 1 saturated heterocycles. The Hall–Kier alpha value is -2.65. The maximum atomic E-state index is 12.3. The molecule has 1 heterocycles. The van der Waals surface area contributed by atoms with Crippen LogP contribution in [0.3, 0.4) is 0 Å². The molecular weight excluding hydrogens is 414 g/mol. The largest absolute Gasteiger partial charge is 0.497 e. The van der Waals surface area contributed by atoms with Gasteiger partial charge >= 0.3 is 5.97 Å². The lowest BCUT2D eigenvalue weighted by atomic mass is 9.79. The Morgan fingerprint density at radius 1 is 1.09 bits per heavy atom. The van der Waals surface area contributed by atoms with Crippen LogP contribution < -0.4 is 15.4 Å². The van der Waals surface area contributed by atoms with Gasteiger partial charge in [0.05, 0.1) is 20.3 Å². The van der Waals surface area contributed by atoms with E-state index in [1.165, 1.54) is 13.5 Å². The van der Waals surface area contributed by atoms with Gasteiger partial charge in [-0.3, -0.25) is 19.3 Å². The van der Waals surface area contributed by atoms with Gasteiger partial charge in [0.1, 0.15) is 12.3 Å².